The first kappa shape index (κ1) is 16.8. The minimum Gasteiger partial charge on any atom is -0.456 e. The van der Waals surface area contributed by atoms with Gasteiger partial charge in [0.25, 0.3) is 0 Å². The second-order valence-electron chi connectivity index (χ2n) is 4.80. The van der Waals surface area contributed by atoms with E-state index in [1.54, 1.807) is 6.07 Å². The lowest BCUT2D eigenvalue weighted by Gasteiger charge is -2.15. The number of rotatable bonds is 5. The molecule has 0 aromatic heterocycles. The van der Waals surface area contributed by atoms with Gasteiger partial charge in [0.2, 0.25) is 0 Å². The van der Waals surface area contributed by atoms with Gasteiger partial charge in [-0.15, -0.1) is 0 Å². The van der Waals surface area contributed by atoms with E-state index in [1.807, 2.05) is 24.3 Å². The number of nitrogens with two attached hydrogens (primary N) is 1. The van der Waals surface area contributed by atoms with Gasteiger partial charge in [0.1, 0.15) is 11.5 Å². The smallest absolute Gasteiger partial charge is 0.141 e. The second kappa shape index (κ2) is 7.63. The first-order chi connectivity index (χ1) is 9.99. The Morgan fingerprint density at radius 1 is 1.14 bits per heavy atom. The zero-order chi connectivity index (χ0) is 15.4. The average Bonchev–Trinajstić information content (AvgIpc) is 2.44. The summed E-state index contributed by atoms with van der Waals surface area (Å²) < 4.78 is 7.85. The molecule has 5 heteroatoms. The van der Waals surface area contributed by atoms with Gasteiger partial charge in [-0.3, -0.25) is 0 Å². The zero-order valence-corrected chi connectivity index (χ0v) is 15.5. The van der Waals surface area contributed by atoms with E-state index in [4.69, 9.17) is 22.1 Å². The molecule has 0 aliphatic rings. The van der Waals surface area contributed by atoms with E-state index in [2.05, 4.69) is 44.8 Å². The van der Waals surface area contributed by atoms with Crippen molar-refractivity contribution in [2.75, 3.05) is 0 Å². The van der Waals surface area contributed by atoms with Crippen molar-refractivity contribution in [2.45, 2.75) is 25.8 Å². The monoisotopic (exact) mass is 431 g/mol. The Morgan fingerprint density at radius 3 is 2.52 bits per heavy atom. The number of halogens is 3. The molecule has 0 radical (unpaired) electrons. The van der Waals surface area contributed by atoms with Crippen LogP contribution in [-0.2, 0) is 6.42 Å². The van der Waals surface area contributed by atoms with Crippen molar-refractivity contribution in [1.82, 2.24) is 0 Å². The van der Waals surface area contributed by atoms with Gasteiger partial charge in [-0.1, -0.05) is 34.5 Å². The van der Waals surface area contributed by atoms with Crippen LogP contribution in [-0.4, -0.2) is 6.04 Å². The van der Waals surface area contributed by atoms with E-state index < -0.39 is 0 Å². The van der Waals surface area contributed by atoms with Crippen LogP contribution in [0.4, 0.5) is 0 Å². The second-order valence-corrected chi connectivity index (χ2v) is 7.01. The Kier molecular flexibility index (Phi) is 6.11. The minimum atomic E-state index is 0.121. The van der Waals surface area contributed by atoms with Crippen molar-refractivity contribution >= 4 is 43.5 Å². The Hall–Kier alpha value is -0.550. The third kappa shape index (κ3) is 4.71. The molecule has 112 valence electrons. The first-order valence-corrected chi connectivity index (χ1v) is 8.63. The zero-order valence-electron chi connectivity index (χ0n) is 11.6. The maximum atomic E-state index is 6.07. The number of benzene rings is 2. The van der Waals surface area contributed by atoms with Gasteiger partial charge in [0.05, 0.1) is 4.47 Å². The van der Waals surface area contributed by atoms with Crippen molar-refractivity contribution in [3.8, 4) is 11.5 Å². The Morgan fingerprint density at radius 2 is 1.86 bits per heavy atom. The van der Waals surface area contributed by atoms with Gasteiger partial charge in [-0.25, -0.2) is 0 Å². The summed E-state index contributed by atoms with van der Waals surface area (Å²) in [6.45, 7) is 2.08. The standard InChI is InChI=1S/C16H16Br2ClNO/c1-2-13(20)8-10-7-11(17)3-5-15(10)21-16-6-4-12(19)9-14(16)18/h3-7,9,13H,2,8,20H2,1H3. The first-order valence-electron chi connectivity index (χ1n) is 6.66. The molecule has 1 atom stereocenters. The molecule has 2 nitrogen and oxygen atoms in total. The fourth-order valence-corrected chi connectivity index (χ4v) is 3.08. The van der Waals surface area contributed by atoms with Crippen molar-refractivity contribution in [1.29, 1.82) is 0 Å². The topological polar surface area (TPSA) is 35.2 Å². The lowest BCUT2D eigenvalue weighted by molar-refractivity contribution is 0.469. The van der Waals surface area contributed by atoms with Crippen molar-refractivity contribution < 1.29 is 4.74 Å². The van der Waals surface area contributed by atoms with Gasteiger partial charge in [-0.2, -0.15) is 0 Å². The minimum absolute atomic E-state index is 0.121. The summed E-state index contributed by atoms with van der Waals surface area (Å²) in [7, 11) is 0. The highest BCUT2D eigenvalue weighted by Gasteiger charge is 2.11. The molecule has 0 amide bonds. The lowest BCUT2D eigenvalue weighted by Crippen LogP contribution is -2.21. The van der Waals surface area contributed by atoms with E-state index in [0.717, 1.165) is 38.8 Å². The van der Waals surface area contributed by atoms with E-state index in [9.17, 15) is 0 Å². The number of ether oxygens (including phenoxy) is 1. The van der Waals surface area contributed by atoms with Crippen molar-refractivity contribution in [3.05, 3.63) is 55.9 Å². The molecule has 0 aliphatic heterocycles. The van der Waals surface area contributed by atoms with Crippen LogP contribution in [0.3, 0.4) is 0 Å². The fraction of sp³-hybridized carbons (Fsp3) is 0.250. The summed E-state index contributed by atoms with van der Waals surface area (Å²) in [5, 5.41) is 0.665. The quantitative estimate of drug-likeness (QED) is 0.634. The van der Waals surface area contributed by atoms with Crippen LogP contribution in [0.15, 0.2) is 45.3 Å². The highest BCUT2D eigenvalue weighted by Crippen LogP contribution is 2.34. The molecule has 2 rings (SSSR count). The van der Waals surface area contributed by atoms with Crippen LogP contribution in [0.25, 0.3) is 0 Å². The molecular formula is C16H16Br2ClNO. The summed E-state index contributed by atoms with van der Waals surface area (Å²) in [5.74, 6) is 1.54. The van der Waals surface area contributed by atoms with Gasteiger partial charge < -0.3 is 10.5 Å². The molecule has 2 aromatic carbocycles. The highest BCUT2D eigenvalue weighted by molar-refractivity contribution is 9.10. The van der Waals surface area contributed by atoms with E-state index >= 15 is 0 Å². The number of hydrogen-bond donors (Lipinski definition) is 1. The fourth-order valence-electron chi connectivity index (χ4n) is 1.91. The largest absolute Gasteiger partial charge is 0.456 e. The van der Waals surface area contributed by atoms with Crippen LogP contribution in [0, 0.1) is 0 Å². The van der Waals surface area contributed by atoms with Crippen LogP contribution < -0.4 is 10.5 Å². The molecule has 0 aliphatic carbocycles. The molecular weight excluding hydrogens is 417 g/mol. The van der Waals surface area contributed by atoms with Crippen molar-refractivity contribution in [3.63, 3.8) is 0 Å². The molecule has 1 unspecified atom stereocenters. The molecule has 0 fully saturated rings. The summed E-state index contributed by atoms with van der Waals surface area (Å²) in [6, 6.07) is 11.5. The number of hydrogen-bond acceptors (Lipinski definition) is 2. The molecule has 0 saturated carbocycles. The maximum absolute atomic E-state index is 6.07. The predicted octanol–water partition coefficient (Wildman–Crippen LogP) is 5.94. The van der Waals surface area contributed by atoms with Gasteiger partial charge in [-0.05, 0) is 70.7 Å². The molecule has 0 heterocycles. The third-order valence-electron chi connectivity index (χ3n) is 3.14. The van der Waals surface area contributed by atoms with Gasteiger partial charge in [0.15, 0.2) is 0 Å². The molecule has 21 heavy (non-hydrogen) atoms. The third-order valence-corrected chi connectivity index (χ3v) is 4.49. The SMILES string of the molecule is CCC(N)Cc1cc(Br)ccc1Oc1ccc(Cl)cc1Br. The normalized spacial score (nSPS) is 12.2. The molecule has 0 saturated heterocycles. The summed E-state index contributed by atoms with van der Waals surface area (Å²) >= 11 is 12.9. The van der Waals surface area contributed by atoms with Gasteiger partial charge in [0, 0.05) is 15.5 Å². The summed E-state index contributed by atoms with van der Waals surface area (Å²) in [4.78, 5) is 0. The highest BCUT2D eigenvalue weighted by atomic mass is 79.9. The van der Waals surface area contributed by atoms with E-state index in [0.29, 0.717) is 5.02 Å². The average molecular weight is 434 g/mol. The Labute approximate surface area is 146 Å². The van der Waals surface area contributed by atoms with Crippen LogP contribution in [0.1, 0.15) is 18.9 Å². The maximum Gasteiger partial charge on any atom is 0.141 e. The Balaban J connectivity index is 2.30. The van der Waals surface area contributed by atoms with Crippen LogP contribution in [0.5, 0.6) is 11.5 Å². The lowest BCUT2D eigenvalue weighted by atomic mass is 10.0. The predicted molar refractivity (Wildman–Crippen MR) is 95.3 cm³/mol. The van der Waals surface area contributed by atoms with E-state index in [-0.39, 0.29) is 6.04 Å². The van der Waals surface area contributed by atoms with Gasteiger partial charge >= 0.3 is 0 Å². The van der Waals surface area contributed by atoms with Crippen molar-refractivity contribution in [2.24, 2.45) is 5.73 Å². The summed E-state index contributed by atoms with van der Waals surface area (Å²) in [5.41, 5.74) is 7.15. The molecule has 0 bridgehead atoms. The Bertz CT molecular complexity index is 634. The molecule has 2 aromatic rings. The van der Waals surface area contributed by atoms with E-state index in [1.165, 1.54) is 0 Å². The summed E-state index contributed by atoms with van der Waals surface area (Å²) in [6.07, 6.45) is 1.70. The van der Waals surface area contributed by atoms with Crippen LogP contribution >= 0.6 is 43.5 Å². The van der Waals surface area contributed by atoms with Crippen LogP contribution in [0.2, 0.25) is 5.02 Å². The molecule has 2 N–H and O–H groups in total. The molecule has 0 spiro atoms.